The highest BCUT2D eigenvalue weighted by molar-refractivity contribution is 6.24. The van der Waals surface area contributed by atoms with Gasteiger partial charge in [-0.05, 0) is 50.1 Å². The second-order valence-electron chi connectivity index (χ2n) is 11.6. The van der Waals surface area contributed by atoms with Crippen LogP contribution in [0.25, 0.3) is 0 Å². The Morgan fingerprint density at radius 1 is 1.10 bits per heavy atom. The minimum absolute atomic E-state index is 0.136. The van der Waals surface area contributed by atoms with Gasteiger partial charge in [0.1, 0.15) is 22.8 Å². The van der Waals surface area contributed by atoms with Crippen molar-refractivity contribution in [1.82, 2.24) is 9.80 Å². The number of halogens is 2. The second kappa shape index (κ2) is 8.90. The monoisotopic (exact) mass is 562 g/mol. The number of ketones is 1. The molecule has 1 heterocycles. The first kappa shape index (κ1) is 27.8. The molecule has 0 radical (unpaired) electrons. The van der Waals surface area contributed by atoms with Gasteiger partial charge < -0.3 is 36.0 Å². The lowest BCUT2D eigenvalue weighted by molar-refractivity contribution is -0.148. The number of benzene rings is 1. The smallest absolute Gasteiger partial charge is 0.282 e. The normalized spacial score (nSPS) is 29.1. The molecule has 1 aromatic rings. The van der Waals surface area contributed by atoms with Gasteiger partial charge in [0.2, 0.25) is 5.78 Å². The summed E-state index contributed by atoms with van der Waals surface area (Å²) >= 11 is 0. The van der Waals surface area contributed by atoms with Gasteiger partial charge >= 0.3 is 0 Å². The average Bonchev–Trinajstić information content (AvgIpc) is 2.83. The highest BCUT2D eigenvalue weighted by Gasteiger charge is 2.62. The first-order chi connectivity index (χ1) is 18.5. The fourth-order valence-corrected chi connectivity index (χ4v) is 6.78. The van der Waals surface area contributed by atoms with Crippen LogP contribution in [0.3, 0.4) is 0 Å². The van der Waals surface area contributed by atoms with E-state index in [1.165, 1.54) is 11.0 Å². The fraction of sp³-hybridized carbons (Fsp3) is 0.519. The number of rotatable bonds is 4. The van der Waals surface area contributed by atoms with Crippen LogP contribution < -0.4 is 10.6 Å². The number of Topliss-reactive ketones (excluding diaryl/α,β-unsaturated/α-hetero) is 1. The number of aliphatic hydroxyl groups excluding tert-OH is 2. The van der Waals surface area contributed by atoms with Crippen LogP contribution in [0.1, 0.15) is 27.9 Å². The minimum Gasteiger partial charge on any atom is -0.510 e. The molecule has 0 unspecified atom stereocenters. The van der Waals surface area contributed by atoms with Crippen molar-refractivity contribution in [1.29, 1.82) is 0 Å². The van der Waals surface area contributed by atoms with Gasteiger partial charge in [-0.15, -0.1) is 0 Å². The van der Waals surface area contributed by atoms with Crippen LogP contribution in [0.4, 0.5) is 14.5 Å². The summed E-state index contributed by atoms with van der Waals surface area (Å²) in [6.07, 6.45) is 0.240. The summed E-state index contributed by atoms with van der Waals surface area (Å²) in [6.45, 7) is -1.53. The third-order valence-electron chi connectivity index (χ3n) is 8.68. The van der Waals surface area contributed by atoms with Gasteiger partial charge in [-0.2, -0.15) is 0 Å². The summed E-state index contributed by atoms with van der Waals surface area (Å²) in [6, 6.07) is 0.452. The van der Waals surface area contributed by atoms with Gasteiger partial charge in [-0.1, -0.05) is 0 Å². The molecule has 3 aliphatic carbocycles. The first-order valence-corrected chi connectivity index (χ1v) is 12.8. The van der Waals surface area contributed by atoms with Crippen molar-refractivity contribution < 1.29 is 43.6 Å². The third-order valence-corrected chi connectivity index (χ3v) is 8.68. The molecule has 1 fully saturated rings. The Morgan fingerprint density at radius 2 is 1.73 bits per heavy atom. The SMILES string of the molecule is CN(C)c1cc(C(=O)N2CC(F)(F)C2)c(O)c2c1C[C@H]1C[C@H]3[C@H](N(C)C)C(O)=C(C(N)=O)C(=O)[C@@]3(O)C(O)=C1C2. The molecule has 0 bridgehead atoms. The summed E-state index contributed by atoms with van der Waals surface area (Å²) in [5.74, 6) is -9.36. The van der Waals surface area contributed by atoms with Gasteiger partial charge in [0, 0.05) is 37.7 Å². The van der Waals surface area contributed by atoms with Gasteiger partial charge in [0.25, 0.3) is 17.7 Å². The van der Waals surface area contributed by atoms with E-state index in [1.54, 1.807) is 33.1 Å². The van der Waals surface area contributed by atoms with Crippen LogP contribution in [0.2, 0.25) is 0 Å². The van der Waals surface area contributed by atoms with Crippen LogP contribution >= 0.6 is 0 Å². The van der Waals surface area contributed by atoms with Crippen LogP contribution in [0.5, 0.6) is 5.75 Å². The predicted molar refractivity (Wildman–Crippen MR) is 138 cm³/mol. The van der Waals surface area contributed by atoms with Crippen molar-refractivity contribution in [3.8, 4) is 5.75 Å². The number of hydrogen-bond acceptors (Lipinski definition) is 9. The molecule has 5 rings (SSSR count). The van der Waals surface area contributed by atoms with Crippen LogP contribution in [-0.2, 0) is 22.4 Å². The Balaban J connectivity index is 1.64. The number of nitrogens with two attached hydrogens (primary N) is 1. The largest absolute Gasteiger partial charge is 0.510 e. The van der Waals surface area contributed by atoms with Gasteiger partial charge in [0.15, 0.2) is 5.60 Å². The summed E-state index contributed by atoms with van der Waals surface area (Å²) in [4.78, 5) is 42.8. The molecule has 0 aromatic heterocycles. The van der Waals surface area contributed by atoms with Crippen molar-refractivity contribution in [2.75, 3.05) is 46.2 Å². The molecule has 13 heteroatoms. The molecule has 0 saturated carbocycles. The molecule has 1 aromatic carbocycles. The van der Waals surface area contributed by atoms with E-state index in [0.29, 0.717) is 11.3 Å². The fourth-order valence-electron chi connectivity index (χ4n) is 6.78. The number of aliphatic hydroxyl groups is 3. The maximum atomic E-state index is 13.5. The molecular formula is C27H32F2N4O7. The van der Waals surface area contributed by atoms with Gasteiger partial charge in [0.05, 0.1) is 24.7 Å². The van der Waals surface area contributed by atoms with E-state index in [4.69, 9.17) is 5.73 Å². The van der Waals surface area contributed by atoms with E-state index in [9.17, 15) is 43.6 Å². The lowest BCUT2D eigenvalue weighted by Gasteiger charge is -2.50. The van der Waals surface area contributed by atoms with Gasteiger partial charge in [-0.3, -0.25) is 19.3 Å². The number of fused-ring (bicyclic) bond motifs is 3. The highest BCUT2D eigenvalue weighted by atomic mass is 19.3. The molecule has 6 N–H and O–H groups in total. The number of likely N-dealkylation sites (N-methyl/N-ethyl adjacent to an activating group) is 1. The average molecular weight is 563 g/mol. The van der Waals surface area contributed by atoms with Gasteiger partial charge in [-0.25, -0.2) is 8.78 Å². The molecule has 2 amide bonds. The van der Waals surface area contributed by atoms with Crippen molar-refractivity contribution in [2.45, 2.75) is 36.8 Å². The number of primary amides is 1. The Hall–Kier alpha value is -3.71. The lowest BCUT2D eigenvalue weighted by atomic mass is 9.58. The molecule has 4 aliphatic rings. The summed E-state index contributed by atoms with van der Waals surface area (Å²) in [5, 5.41) is 45.3. The Bertz CT molecular complexity index is 1410. The Kier molecular flexibility index (Phi) is 6.19. The maximum Gasteiger partial charge on any atom is 0.282 e. The number of phenolic OH excluding ortho intramolecular Hbond substituents is 1. The zero-order chi connectivity index (χ0) is 29.6. The number of likely N-dealkylation sites (tertiary alicyclic amines) is 1. The maximum absolute atomic E-state index is 13.5. The Morgan fingerprint density at radius 3 is 2.25 bits per heavy atom. The first-order valence-electron chi connectivity index (χ1n) is 12.8. The number of phenols is 1. The third kappa shape index (κ3) is 3.78. The number of hydrogen-bond donors (Lipinski definition) is 5. The van der Waals surface area contributed by atoms with Crippen molar-refractivity contribution in [3.63, 3.8) is 0 Å². The zero-order valence-electron chi connectivity index (χ0n) is 22.5. The topological polar surface area (TPSA) is 168 Å². The zero-order valence-corrected chi connectivity index (χ0v) is 22.5. The van der Waals surface area contributed by atoms with Crippen molar-refractivity contribution in [3.05, 3.63) is 45.4 Å². The molecule has 0 spiro atoms. The number of aromatic hydroxyl groups is 1. The minimum atomic E-state index is -2.99. The van der Waals surface area contributed by atoms with E-state index in [-0.39, 0.29) is 36.0 Å². The lowest BCUT2D eigenvalue weighted by Crippen LogP contribution is -2.63. The molecule has 11 nitrogen and oxygen atoms in total. The molecule has 1 saturated heterocycles. The molecular weight excluding hydrogens is 530 g/mol. The van der Waals surface area contributed by atoms with Crippen LogP contribution in [0, 0.1) is 11.8 Å². The number of carbonyl (C=O) groups excluding carboxylic acids is 3. The highest BCUT2D eigenvalue weighted by Crippen LogP contribution is 2.53. The van der Waals surface area contributed by atoms with E-state index >= 15 is 0 Å². The van der Waals surface area contributed by atoms with E-state index in [0.717, 1.165) is 4.90 Å². The van der Waals surface area contributed by atoms with E-state index < -0.39 is 82.9 Å². The van der Waals surface area contributed by atoms with Crippen LogP contribution in [0.15, 0.2) is 28.7 Å². The van der Waals surface area contributed by atoms with Crippen molar-refractivity contribution >= 4 is 23.3 Å². The molecule has 4 atom stereocenters. The predicted octanol–water partition coefficient (Wildman–Crippen LogP) is 0.638. The summed E-state index contributed by atoms with van der Waals surface area (Å²) < 4.78 is 26.9. The molecule has 216 valence electrons. The quantitative estimate of drug-likeness (QED) is 0.331. The van der Waals surface area contributed by atoms with Crippen molar-refractivity contribution in [2.24, 2.45) is 17.6 Å². The summed E-state index contributed by atoms with van der Waals surface area (Å²) in [5.41, 5.74) is 3.59. The van der Waals surface area contributed by atoms with E-state index in [2.05, 4.69) is 0 Å². The second-order valence-corrected chi connectivity index (χ2v) is 11.6. The number of nitrogens with zero attached hydrogens (tertiary/aromatic N) is 3. The number of anilines is 1. The number of carbonyl (C=O) groups is 3. The Labute approximate surface area is 228 Å². The summed E-state index contributed by atoms with van der Waals surface area (Å²) in [7, 11) is 6.65. The molecule has 40 heavy (non-hydrogen) atoms. The number of allylic oxidation sites excluding steroid dienone is 1. The standard InChI is InChI=1S/C27H32F2N4O7/c1-31(2)17-8-15(25(39)33-9-26(28,29)10-33)20(34)14-7-12-11(5-13(14)17)6-16-19(32(3)4)21(35)18(24(30)38)23(37)27(16,40)22(12)36/h8,11,16,19,34-36,40H,5-7,9-10H2,1-4H3,(H2,30,38)/t11-,16-,19-,27-/m0/s1. The van der Waals surface area contributed by atoms with E-state index in [1.807, 2.05) is 0 Å². The number of amides is 2. The number of alkyl halides is 2. The van der Waals surface area contributed by atoms with Crippen LogP contribution in [-0.4, -0.2) is 107 Å². The molecule has 1 aliphatic heterocycles.